The van der Waals surface area contributed by atoms with Crippen molar-refractivity contribution in [1.29, 1.82) is 0 Å². The third-order valence-corrected chi connectivity index (χ3v) is 6.99. The van der Waals surface area contributed by atoms with Crippen LogP contribution in [0.4, 0.5) is 5.95 Å². The molecule has 0 unspecified atom stereocenters. The molecule has 7 rings (SSSR count). The van der Waals surface area contributed by atoms with Gasteiger partial charge in [0.1, 0.15) is 28.7 Å². The summed E-state index contributed by atoms with van der Waals surface area (Å²) in [7, 11) is 0. The second-order valence-electron chi connectivity index (χ2n) is 9.62. The number of nitrogens with two attached hydrogens (primary N) is 2. The molecule has 38 heavy (non-hydrogen) atoms. The summed E-state index contributed by atoms with van der Waals surface area (Å²) in [4.78, 5) is 13.6. The van der Waals surface area contributed by atoms with Crippen LogP contribution in [0.5, 0.6) is 5.75 Å². The van der Waals surface area contributed by atoms with Crippen molar-refractivity contribution < 1.29 is 9.15 Å². The number of imidazole rings is 1. The minimum absolute atomic E-state index is 0.0937. The first-order valence-electron chi connectivity index (χ1n) is 12.5. The lowest BCUT2D eigenvalue weighted by Gasteiger charge is -2.15. The Morgan fingerprint density at radius 1 is 1.11 bits per heavy atom. The lowest BCUT2D eigenvalue weighted by atomic mass is 10.0. The first-order valence-corrected chi connectivity index (χ1v) is 12.5. The van der Waals surface area contributed by atoms with E-state index in [9.17, 15) is 0 Å². The number of pyridine rings is 1. The number of hydrogen-bond donors (Lipinski definition) is 2. The minimum Gasteiger partial charge on any atom is -0.490 e. The van der Waals surface area contributed by atoms with Crippen LogP contribution in [0.2, 0.25) is 0 Å². The molecule has 1 saturated carbocycles. The second kappa shape index (κ2) is 8.67. The predicted molar refractivity (Wildman–Crippen MR) is 142 cm³/mol. The maximum atomic E-state index is 6.22. The number of ether oxygens (including phenoxy) is 1. The molecule has 6 aromatic rings. The Kier molecular flexibility index (Phi) is 5.11. The molecule has 11 nitrogen and oxygen atoms in total. The van der Waals surface area contributed by atoms with Gasteiger partial charge < -0.3 is 25.0 Å². The van der Waals surface area contributed by atoms with Crippen molar-refractivity contribution in [2.45, 2.75) is 38.3 Å². The monoisotopic (exact) mass is 507 g/mol. The van der Waals surface area contributed by atoms with E-state index in [-0.39, 0.29) is 18.1 Å². The zero-order chi connectivity index (χ0) is 25.8. The lowest BCUT2D eigenvalue weighted by molar-refractivity contribution is 0.208. The van der Waals surface area contributed by atoms with E-state index in [4.69, 9.17) is 20.6 Å². The molecule has 0 bridgehead atoms. The summed E-state index contributed by atoms with van der Waals surface area (Å²) in [5, 5.41) is 8.89. The number of nitrogens with zero attached hydrogens (tertiary/aromatic N) is 7. The van der Waals surface area contributed by atoms with Crippen LogP contribution in [0.25, 0.3) is 45.1 Å². The molecule has 1 fully saturated rings. The molecule has 2 atom stereocenters. The molecule has 11 heteroatoms. The third-order valence-electron chi connectivity index (χ3n) is 6.99. The van der Waals surface area contributed by atoms with Gasteiger partial charge in [-0.3, -0.25) is 0 Å². The van der Waals surface area contributed by atoms with Crippen molar-refractivity contribution in [2.75, 3.05) is 5.73 Å². The number of hydrogen-bond acceptors (Lipinski definition) is 9. The first kappa shape index (κ1) is 22.4. The van der Waals surface area contributed by atoms with E-state index in [1.165, 1.54) is 0 Å². The molecule has 5 heterocycles. The lowest BCUT2D eigenvalue weighted by Crippen LogP contribution is -2.19. The van der Waals surface area contributed by atoms with Crippen molar-refractivity contribution >= 4 is 22.6 Å². The highest BCUT2D eigenvalue weighted by Crippen LogP contribution is 2.37. The quantitative estimate of drug-likeness (QED) is 0.354. The van der Waals surface area contributed by atoms with Gasteiger partial charge in [0.2, 0.25) is 5.95 Å². The standard InChI is InChI=1S/C27H25N9O2/c1-15-13-30-23-9-4-16(14-35(15)23)24-25(22-3-2-10-37-22)31-27(29)32-26(24)36-21-8-7-19(12-20(21)33-34-36)38-18-6-5-17(28)11-18/h2-4,7-10,12-14,17-18H,5-6,11,28H2,1H3,(H2,29,31,32)/t17-,18-/m0/s1. The molecule has 0 saturated heterocycles. The Morgan fingerprint density at radius 2 is 2.03 bits per heavy atom. The summed E-state index contributed by atoms with van der Waals surface area (Å²) >= 11 is 0. The Bertz CT molecular complexity index is 1790. The molecule has 5 aromatic heterocycles. The summed E-state index contributed by atoms with van der Waals surface area (Å²) in [5.41, 5.74) is 17.6. The number of aryl methyl sites for hydroxylation is 1. The summed E-state index contributed by atoms with van der Waals surface area (Å²) in [6.07, 6.45) is 8.32. The zero-order valence-electron chi connectivity index (χ0n) is 20.7. The predicted octanol–water partition coefficient (Wildman–Crippen LogP) is 3.93. The van der Waals surface area contributed by atoms with Gasteiger partial charge in [-0.05, 0) is 62.6 Å². The number of furan rings is 1. The van der Waals surface area contributed by atoms with E-state index in [2.05, 4.69) is 25.3 Å². The largest absolute Gasteiger partial charge is 0.490 e. The minimum atomic E-state index is 0.0937. The van der Waals surface area contributed by atoms with Gasteiger partial charge in [-0.2, -0.15) is 9.67 Å². The van der Waals surface area contributed by atoms with Crippen LogP contribution >= 0.6 is 0 Å². The summed E-state index contributed by atoms with van der Waals surface area (Å²) < 4.78 is 15.6. The van der Waals surface area contributed by atoms with Crippen molar-refractivity contribution in [1.82, 2.24) is 34.3 Å². The number of benzene rings is 1. The Labute approximate surface area is 217 Å². The van der Waals surface area contributed by atoms with E-state index in [1.807, 2.05) is 66.2 Å². The van der Waals surface area contributed by atoms with Crippen LogP contribution < -0.4 is 16.2 Å². The van der Waals surface area contributed by atoms with E-state index in [1.54, 1.807) is 10.9 Å². The van der Waals surface area contributed by atoms with Crippen LogP contribution in [0, 0.1) is 6.92 Å². The van der Waals surface area contributed by atoms with Gasteiger partial charge in [0.15, 0.2) is 11.6 Å². The van der Waals surface area contributed by atoms with Crippen molar-refractivity contribution in [3.8, 4) is 34.1 Å². The van der Waals surface area contributed by atoms with Gasteiger partial charge >= 0.3 is 0 Å². The number of fused-ring (bicyclic) bond motifs is 2. The van der Waals surface area contributed by atoms with Crippen molar-refractivity contribution in [3.63, 3.8) is 0 Å². The van der Waals surface area contributed by atoms with Gasteiger partial charge in [0.05, 0.1) is 17.3 Å². The molecule has 0 amide bonds. The normalized spacial score (nSPS) is 17.5. The highest BCUT2D eigenvalue weighted by molar-refractivity contribution is 5.87. The average molecular weight is 508 g/mol. The Hall–Kier alpha value is -4.77. The van der Waals surface area contributed by atoms with Crippen molar-refractivity contribution in [3.05, 3.63) is 66.8 Å². The van der Waals surface area contributed by atoms with Crippen LogP contribution in [0.3, 0.4) is 0 Å². The van der Waals surface area contributed by atoms with Gasteiger partial charge in [-0.15, -0.1) is 5.10 Å². The van der Waals surface area contributed by atoms with E-state index >= 15 is 0 Å². The molecular formula is C27H25N9O2. The molecule has 0 spiro atoms. The van der Waals surface area contributed by atoms with Gasteiger partial charge in [0.25, 0.3) is 0 Å². The Balaban J connectivity index is 1.40. The molecule has 1 aliphatic rings. The van der Waals surface area contributed by atoms with Gasteiger partial charge in [-0.1, -0.05) is 5.21 Å². The Morgan fingerprint density at radius 3 is 2.84 bits per heavy atom. The molecule has 1 aromatic carbocycles. The second-order valence-corrected chi connectivity index (χ2v) is 9.62. The molecule has 1 aliphatic carbocycles. The number of nitrogen functional groups attached to an aromatic ring is 1. The fraction of sp³-hybridized carbons (Fsp3) is 0.222. The number of rotatable bonds is 5. The molecule has 0 radical (unpaired) electrons. The maximum absolute atomic E-state index is 6.22. The average Bonchev–Trinajstić information content (AvgIpc) is 3.72. The van der Waals surface area contributed by atoms with Gasteiger partial charge in [0, 0.05) is 35.8 Å². The fourth-order valence-corrected chi connectivity index (χ4v) is 5.13. The number of anilines is 1. The molecule has 0 aliphatic heterocycles. The van der Waals surface area contributed by atoms with Gasteiger partial charge in [-0.25, -0.2) is 9.97 Å². The van der Waals surface area contributed by atoms with E-state index in [0.717, 1.165) is 47.4 Å². The zero-order valence-corrected chi connectivity index (χ0v) is 20.7. The summed E-state index contributed by atoms with van der Waals surface area (Å²) in [5.74, 6) is 1.88. The first-order chi connectivity index (χ1) is 18.5. The topological polar surface area (TPSA) is 148 Å². The molecular weight excluding hydrogens is 482 g/mol. The summed E-state index contributed by atoms with van der Waals surface area (Å²) in [6, 6.07) is 13.5. The SMILES string of the molecule is Cc1cnc2ccc(-c3c(-c4ccco4)nc(N)nc3-n3nnc4cc(O[C@H]5CC[C@H](N)C5)ccc43)cn12. The smallest absolute Gasteiger partial charge is 0.222 e. The highest BCUT2D eigenvalue weighted by Gasteiger charge is 2.25. The van der Waals surface area contributed by atoms with Crippen LogP contribution in [-0.4, -0.2) is 46.5 Å². The highest BCUT2D eigenvalue weighted by atomic mass is 16.5. The van der Waals surface area contributed by atoms with E-state index in [0.29, 0.717) is 28.4 Å². The third kappa shape index (κ3) is 3.75. The van der Waals surface area contributed by atoms with Crippen LogP contribution in [0.15, 0.2) is 65.5 Å². The maximum Gasteiger partial charge on any atom is 0.222 e. The molecule has 4 N–H and O–H groups in total. The number of aromatic nitrogens is 7. The van der Waals surface area contributed by atoms with Crippen molar-refractivity contribution in [2.24, 2.45) is 5.73 Å². The van der Waals surface area contributed by atoms with Crippen LogP contribution in [0.1, 0.15) is 25.0 Å². The van der Waals surface area contributed by atoms with E-state index < -0.39 is 0 Å². The fourth-order valence-electron chi connectivity index (χ4n) is 5.13. The summed E-state index contributed by atoms with van der Waals surface area (Å²) in [6.45, 7) is 2.00. The van der Waals surface area contributed by atoms with Crippen LogP contribution in [-0.2, 0) is 0 Å². The molecule has 190 valence electrons.